The van der Waals surface area contributed by atoms with Gasteiger partial charge in [-0.1, -0.05) is 30.3 Å². The highest BCUT2D eigenvalue weighted by atomic mass is 16.5. The SMILES string of the molecule is O=C(NC(CO)c1ccccc1)c1ccc2c(c1)CCO2. The van der Waals surface area contributed by atoms with Gasteiger partial charge < -0.3 is 15.2 Å². The second kappa shape index (κ2) is 5.97. The van der Waals surface area contributed by atoms with E-state index in [0.717, 1.165) is 23.3 Å². The van der Waals surface area contributed by atoms with Gasteiger partial charge in [0.15, 0.2) is 0 Å². The molecule has 1 aliphatic rings. The van der Waals surface area contributed by atoms with Gasteiger partial charge in [-0.2, -0.15) is 0 Å². The number of rotatable bonds is 4. The molecule has 0 saturated carbocycles. The number of aliphatic hydroxyl groups is 1. The van der Waals surface area contributed by atoms with Crippen LogP contribution < -0.4 is 10.1 Å². The van der Waals surface area contributed by atoms with Crippen molar-refractivity contribution in [3.8, 4) is 5.75 Å². The van der Waals surface area contributed by atoms with Gasteiger partial charge in [0, 0.05) is 12.0 Å². The van der Waals surface area contributed by atoms with E-state index in [-0.39, 0.29) is 12.5 Å². The van der Waals surface area contributed by atoms with E-state index < -0.39 is 6.04 Å². The van der Waals surface area contributed by atoms with E-state index in [9.17, 15) is 9.90 Å². The number of fused-ring (bicyclic) bond motifs is 1. The van der Waals surface area contributed by atoms with Crippen LogP contribution in [0.2, 0.25) is 0 Å². The third-order valence-corrected chi connectivity index (χ3v) is 3.64. The second-order valence-electron chi connectivity index (χ2n) is 5.04. The predicted octanol–water partition coefficient (Wildman–Crippen LogP) is 2.08. The van der Waals surface area contributed by atoms with Gasteiger partial charge in [-0.15, -0.1) is 0 Å². The lowest BCUT2D eigenvalue weighted by Crippen LogP contribution is -2.30. The Kier molecular flexibility index (Phi) is 3.88. The summed E-state index contributed by atoms with van der Waals surface area (Å²) in [6, 6.07) is 14.5. The smallest absolute Gasteiger partial charge is 0.251 e. The van der Waals surface area contributed by atoms with Crippen LogP contribution in [0.15, 0.2) is 48.5 Å². The van der Waals surface area contributed by atoms with Crippen molar-refractivity contribution in [3.05, 3.63) is 65.2 Å². The summed E-state index contributed by atoms with van der Waals surface area (Å²) < 4.78 is 5.43. The van der Waals surface area contributed by atoms with E-state index in [4.69, 9.17) is 4.74 Å². The lowest BCUT2D eigenvalue weighted by atomic mass is 10.1. The minimum atomic E-state index is -0.400. The zero-order chi connectivity index (χ0) is 14.7. The Labute approximate surface area is 123 Å². The molecule has 0 aromatic heterocycles. The first-order valence-corrected chi connectivity index (χ1v) is 7.00. The van der Waals surface area contributed by atoms with E-state index in [1.165, 1.54) is 0 Å². The number of aliphatic hydroxyl groups excluding tert-OH is 1. The molecule has 2 aromatic rings. The van der Waals surface area contributed by atoms with Crippen LogP contribution in [-0.2, 0) is 6.42 Å². The zero-order valence-corrected chi connectivity index (χ0v) is 11.6. The van der Waals surface area contributed by atoms with Crippen molar-refractivity contribution in [1.29, 1.82) is 0 Å². The molecule has 0 aliphatic carbocycles. The van der Waals surface area contributed by atoms with Gasteiger partial charge in [-0.05, 0) is 29.3 Å². The van der Waals surface area contributed by atoms with Gasteiger partial charge in [0.2, 0.25) is 0 Å². The van der Waals surface area contributed by atoms with E-state index in [1.54, 1.807) is 6.07 Å². The van der Waals surface area contributed by atoms with Crippen molar-refractivity contribution in [2.24, 2.45) is 0 Å². The molecule has 0 fully saturated rings. The van der Waals surface area contributed by atoms with E-state index in [0.29, 0.717) is 12.2 Å². The number of carbonyl (C=O) groups is 1. The molecule has 21 heavy (non-hydrogen) atoms. The molecule has 0 spiro atoms. The molecule has 0 bridgehead atoms. The highest BCUT2D eigenvalue weighted by molar-refractivity contribution is 5.94. The van der Waals surface area contributed by atoms with Crippen molar-refractivity contribution in [2.75, 3.05) is 13.2 Å². The number of ether oxygens (including phenoxy) is 1. The normalized spacial score (nSPS) is 14.1. The Hall–Kier alpha value is -2.33. The topological polar surface area (TPSA) is 58.6 Å². The van der Waals surface area contributed by atoms with Gasteiger partial charge in [0.05, 0.1) is 19.3 Å². The van der Waals surface area contributed by atoms with Gasteiger partial charge >= 0.3 is 0 Å². The van der Waals surface area contributed by atoms with Crippen molar-refractivity contribution >= 4 is 5.91 Å². The predicted molar refractivity (Wildman–Crippen MR) is 79.4 cm³/mol. The highest BCUT2D eigenvalue weighted by Gasteiger charge is 2.18. The first-order valence-electron chi connectivity index (χ1n) is 7.00. The Bertz CT molecular complexity index is 640. The van der Waals surface area contributed by atoms with Crippen molar-refractivity contribution in [1.82, 2.24) is 5.32 Å². The Morgan fingerprint density at radius 3 is 2.81 bits per heavy atom. The fraction of sp³-hybridized carbons (Fsp3) is 0.235. The van der Waals surface area contributed by atoms with Gasteiger partial charge in [0.1, 0.15) is 5.75 Å². The molecule has 1 unspecified atom stereocenters. The molecular formula is C17H17NO3. The molecular weight excluding hydrogens is 266 g/mol. The van der Waals surface area contributed by atoms with Crippen molar-refractivity contribution < 1.29 is 14.6 Å². The number of amides is 1. The third kappa shape index (κ3) is 2.90. The molecule has 1 amide bonds. The van der Waals surface area contributed by atoms with E-state index in [1.807, 2.05) is 42.5 Å². The van der Waals surface area contributed by atoms with E-state index >= 15 is 0 Å². The third-order valence-electron chi connectivity index (χ3n) is 3.64. The number of nitrogens with one attached hydrogen (secondary N) is 1. The van der Waals surface area contributed by atoms with Gasteiger partial charge in [-0.3, -0.25) is 4.79 Å². The Morgan fingerprint density at radius 1 is 1.24 bits per heavy atom. The summed E-state index contributed by atoms with van der Waals surface area (Å²) in [7, 11) is 0. The number of carbonyl (C=O) groups excluding carboxylic acids is 1. The molecule has 0 radical (unpaired) electrons. The molecule has 108 valence electrons. The van der Waals surface area contributed by atoms with Crippen LogP contribution in [0.3, 0.4) is 0 Å². The van der Waals surface area contributed by atoms with Crippen LogP contribution in [0.25, 0.3) is 0 Å². The average molecular weight is 283 g/mol. The van der Waals surface area contributed by atoms with Crippen molar-refractivity contribution in [2.45, 2.75) is 12.5 Å². The summed E-state index contributed by atoms with van der Waals surface area (Å²) in [4.78, 5) is 12.3. The highest BCUT2D eigenvalue weighted by Crippen LogP contribution is 2.26. The molecule has 4 nitrogen and oxygen atoms in total. The van der Waals surface area contributed by atoms with E-state index in [2.05, 4.69) is 5.32 Å². The molecule has 0 saturated heterocycles. The Balaban J connectivity index is 1.76. The molecule has 2 N–H and O–H groups in total. The monoisotopic (exact) mass is 283 g/mol. The molecule has 1 aliphatic heterocycles. The summed E-state index contributed by atoms with van der Waals surface area (Å²) in [6.07, 6.45) is 0.832. The molecule has 1 heterocycles. The van der Waals surface area contributed by atoms with Crippen LogP contribution in [0.4, 0.5) is 0 Å². The van der Waals surface area contributed by atoms with Crippen LogP contribution in [-0.4, -0.2) is 24.2 Å². The number of hydrogen-bond acceptors (Lipinski definition) is 3. The summed E-state index contributed by atoms with van der Waals surface area (Å²) in [5.74, 6) is 0.668. The van der Waals surface area contributed by atoms with Crippen LogP contribution in [0.1, 0.15) is 27.5 Å². The quantitative estimate of drug-likeness (QED) is 0.903. The lowest BCUT2D eigenvalue weighted by molar-refractivity contribution is 0.0916. The average Bonchev–Trinajstić information content (AvgIpc) is 3.00. The maximum absolute atomic E-state index is 12.3. The summed E-state index contributed by atoms with van der Waals surface area (Å²) in [5.41, 5.74) is 2.54. The van der Waals surface area contributed by atoms with Crippen LogP contribution in [0, 0.1) is 0 Å². The number of benzene rings is 2. The molecule has 3 rings (SSSR count). The largest absolute Gasteiger partial charge is 0.493 e. The lowest BCUT2D eigenvalue weighted by Gasteiger charge is -2.17. The van der Waals surface area contributed by atoms with Gasteiger partial charge in [-0.25, -0.2) is 0 Å². The van der Waals surface area contributed by atoms with Crippen LogP contribution in [0.5, 0.6) is 5.75 Å². The molecule has 2 aromatic carbocycles. The first kappa shape index (κ1) is 13.6. The van der Waals surface area contributed by atoms with Gasteiger partial charge in [0.25, 0.3) is 5.91 Å². The summed E-state index contributed by atoms with van der Waals surface area (Å²) in [6.45, 7) is 0.535. The fourth-order valence-corrected chi connectivity index (χ4v) is 2.49. The fourth-order valence-electron chi connectivity index (χ4n) is 2.49. The maximum Gasteiger partial charge on any atom is 0.251 e. The summed E-state index contributed by atoms with van der Waals surface area (Å²) in [5, 5.41) is 12.4. The first-order chi connectivity index (χ1) is 10.3. The minimum Gasteiger partial charge on any atom is -0.493 e. The minimum absolute atomic E-state index is 0.135. The Morgan fingerprint density at radius 2 is 2.05 bits per heavy atom. The van der Waals surface area contributed by atoms with Crippen molar-refractivity contribution in [3.63, 3.8) is 0 Å². The second-order valence-corrected chi connectivity index (χ2v) is 5.04. The molecule has 4 heteroatoms. The van der Waals surface area contributed by atoms with Crippen LogP contribution >= 0.6 is 0 Å². The zero-order valence-electron chi connectivity index (χ0n) is 11.6. The summed E-state index contributed by atoms with van der Waals surface area (Å²) >= 11 is 0. The maximum atomic E-state index is 12.3. The molecule has 1 atom stereocenters. The standard InChI is InChI=1S/C17H17NO3/c19-11-15(12-4-2-1-3-5-12)18-17(20)14-6-7-16-13(10-14)8-9-21-16/h1-7,10,15,19H,8-9,11H2,(H,18,20). The number of hydrogen-bond donors (Lipinski definition) is 2.